The number of rotatable bonds is 4. The van der Waals surface area contributed by atoms with E-state index in [1.54, 1.807) is 4.90 Å². The Labute approximate surface area is 187 Å². The van der Waals surface area contributed by atoms with Crippen LogP contribution in [0, 0.1) is 0 Å². The van der Waals surface area contributed by atoms with E-state index in [1.165, 1.54) is 10.9 Å². The first-order valence-corrected chi connectivity index (χ1v) is 11.7. The molecule has 3 fully saturated rings. The molecule has 2 N–H and O–H groups in total. The molecule has 0 spiro atoms. The Kier molecular flexibility index (Phi) is 5.67. The van der Waals surface area contributed by atoms with Gasteiger partial charge in [0.25, 0.3) is 0 Å². The van der Waals surface area contributed by atoms with Gasteiger partial charge in [-0.3, -0.25) is 15.0 Å². The first-order valence-electron chi connectivity index (χ1n) is 11.7. The van der Waals surface area contributed by atoms with Crippen LogP contribution in [0.3, 0.4) is 0 Å². The highest BCUT2D eigenvalue weighted by Gasteiger charge is 2.35. The van der Waals surface area contributed by atoms with Gasteiger partial charge in [-0.1, -0.05) is 6.07 Å². The summed E-state index contributed by atoms with van der Waals surface area (Å²) in [5.74, 6) is 0.235. The Morgan fingerprint density at radius 3 is 2.59 bits per heavy atom. The number of benzene rings is 1. The molecular weight excluding hydrogens is 409 g/mol. The van der Waals surface area contributed by atoms with Crippen molar-refractivity contribution < 1.29 is 14.0 Å². The monoisotopic (exact) mass is 441 g/mol. The quantitative estimate of drug-likeness (QED) is 0.766. The van der Waals surface area contributed by atoms with Crippen LogP contribution in [0.4, 0.5) is 14.9 Å². The molecule has 4 heterocycles. The molecule has 0 atom stereocenters. The molecule has 172 valence electrons. The number of nitrogens with zero attached hydrogens (tertiary/aromatic N) is 3. The third-order valence-electron chi connectivity index (χ3n) is 7.40. The van der Waals surface area contributed by atoms with E-state index in [0.29, 0.717) is 38.3 Å². The van der Waals surface area contributed by atoms with Crippen molar-refractivity contribution in [3.8, 4) is 0 Å². The molecule has 1 aromatic carbocycles. The number of urea groups is 1. The number of halogens is 1. The van der Waals surface area contributed by atoms with Crippen LogP contribution in [-0.2, 0) is 11.8 Å². The number of aryl methyl sites for hydroxylation is 1. The molecular formula is C24H32FN5O2. The van der Waals surface area contributed by atoms with Crippen molar-refractivity contribution in [3.05, 3.63) is 30.0 Å². The molecule has 1 aromatic heterocycles. The van der Waals surface area contributed by atoms with Crippen LogP contribution in [0.1, 0.15) is 43.6 Å². The summed E-state index contributed by atoms with van der Waals surface area (Å²) in [7, 11) is 2.04. The zero-order chi connectivity index (χ0) is 22.3. The number of nitrogens with one attached hydrogen (secondary N) is 2. The molecule has 7 nitrogen and oxygen atoms in total. The first kappa shape index (κ1) is 21.4. The van der Waals surface area contributed by atoms with E-state index < -0.39 is 5.67 Å². The maximum atomic E-state index is 15.1. The van der Waals surface area contributed by atoms with Gasteiger partial charge in [0.05, 0.1) is 5.52 Å². The normalized spacial score (nSPS) is 23.0. The van der Waals surface area contributed by atoms with Gasteiger partial charge in [0.15, 0.2) is 0 Å². The van der Waals surface area contributed by atoms with Gasteiger partial charge in [0.1, 0.15) is 5.67 Å². The van der Waals surface area contributed by atoms with Crippen LogP contribution in [0.5, 0.6) is 0 Å². The van der Waals surface area contributed by atoms with Gasteiger partial charge in [0.2, 0.25) is 5.91 Å². The maximum absolute atomic E-state index is 15.1. The molecule has 5 rings (SSSR count). The first-order chi connectivity index (χ1) is 15.4. The molecule has 32 heavy (non-hydrogen) atoms. The maximum Gasteiger partial charge on any atom is 0.328 e. The van der Waals surface area contributed by atoms with Crippen LogP contribution >= 0.6 is 0 Å². The molecule has 3 saturated heterocycles. The van der Waals surface area contributed by atoms with E-state index >= 15 is 4.39 Å². The van der Waals surface area contributed by atoms with Gasteiger partial charge in [-0.25, -0.2) is 9.18 Å². The molecule has 8 heteroatoms. The number of aromatic nitrogens is 1. The highest BCUT2D eigenvalue weighted by molar-refractivity contribution is 6.06. The fourth-order valence-corrected chi connectivity index (χ4v) is 5.54. The van der Waals surface area contributed by atoms with Crippen LogP contribution in [0.2, 0.25) is 0 Å². The fourth-order valence-electron chi connectivity index (χ4n) is 5.54. The van der Waals surface area contributed by atoms with E-state index in [-0.39, 0.29) is 11.9 Å². The highest BCUT2D eigenvalue weighted by atomic mass is 19.1. The molecule has 0 unspecified atom stereocenters. The zero-order valence-corrected chi connectivity index (χ0v) is 18.7. The summed E-state index contributed by atoms with van der Waals surface area (Å²) < 4.78 is 17.2. The smallest absolute Gasteiger partial charge is 0.328 e. The summed E-state index contributed by atoms with van der Waals surface area (Å²) in [4.78, 5) is 27.6. The Bertz CT molecular complexity index is 1020. The minimum atomic E-state index is -1.04. The van der Waals surface area contributed by atoms with E-state index in [2.05, 4.69) is 32.4 Å². The zero-order valence-electron chi connectivity index (χ0n) is 18.7. The Morgan fingerprint density at radius 2 is 1.88 bits per heavy atom. The minimum Gasteiger partial charge on any atom is -0.350 e. The second-order valence-corrected chi connectivity index (χ2v) is 9.60. The molecule has 2 aromatic rings. The molecule has 0 aliphatic carbocycles. The van der Waals surface area contributed by atoms with Crippen molar-refractivity contribution in [1.82, 2.24) is 20.1 Å². The molecule has 3 amide bonds. The largest absolute Gasteiger partial charge is 0.350 e. The summed E-state index contributed by atoms with van der Waals surface area (Å²) in [6.07, 6.45) is 5.82. The van der Waals surface area contributed by atoms with Gasteiger partial charge in [-0.2, -0.15) is 0 Å². The SMILES string of the molecule is Cn1cc(C2CCN(CC3(F)CCNCC3)CC2)c2ccc(N3CCC(=O)NC3=O)cc21. The Morgan fingerprint density at radius 1 is 1.12 bits per heavy atom. The van der Waals surface area contributed by atoms with Gasteiger partial charge < -0.3 is 14.8 Å². The van der Waals surface area contributed by atoms with Crippen molar-refractivity contribution in [2.24, 2.45) is 7.05 Å². The lowest BCUT2D eigenvalue weighted by Crippen LogP contribution is -2.49. The number of imide groups is 1. The van der Waals surface area contributed by atoms with Crippen molar-refractivity contribution in [2.45, 2.75) is 43.7 Å². The minimum absolute atomic E-state index is 0.223. The van der Waals surface area contributed by atoms with Gasteiger partial charge in [0, 0.05) is 43.8 Å². The van der Waals surface area contributed by atoms with Crippen LogP contribution in [0.25, 0.3) is 10.9 Å². The molecule has 3 aliphatic rings. The van der Waals surface area contributed by atoms with E-state index in [0.717, 1.165) is 50.2 Å². The lowest BCUT2D eigenvalue weighted by atomic mass is 9.87. The van der Waals surface area contributed by atoms with Gasteiger partial charge >= 0.3 is 6.03 Å². The third kappa shape index (κ3) is 4.13. The average molecular weight is 442 g/mol. The summed E-state index contributed by atoms with van der Waals surface area (Å²) in [6.45, 7) is 4.37. The third-order valence-corrected chi connectivity index (χ3v) is 7.40. The summed E-state index contributed by atoms with van der Waals surface area (Å²) in [5, 5.41) is 6.85. The number of fused-ring (bicyclic) bond motifs is 1. The van der Waals surface area contributed by atoms with Gasteiger partial charge in [-0.05, 0) is 75.5 Å². The van der Waals surface area contributed by atoms with Crippen molar-refractivity contribution in [2.75, 3.05) is 44.2 Å². The number of hydrogen-bond donors (Lipinski definition) is 2. The van der Waals surface area contributed by atoms with Crippen LogP contribution in [-0.4, -0.2) is 66.3 Å². The second kappa shape index (κ2) is 8.48. The molecule has 0 radical (unpaired) electrons. The highest BCUT2D eigenvalue weighted by Crippen LogP contribution is 2.37. The number of alkyl halides is 1. The standard InChI is InChI=1S/C24H32FN5O2/c1-28-15-20(17-4-11-29(12-5-17)16-24(25)7-9-26-10-8-24)19-3-2-18(14-21(19)28)30-13-6-22(31)27-23(30)32/h2-3,14-15,17,26H,4-13,16H2,1H3,(H,27,31,32). The number of piperidine rings is 2. The number of likely N-dealkylation sites (tertiary alicyclic amines) is 1. The fraction of sp³-hybridized carbons (Fsp3) is 0.583. The average Bonchev–Trinajstić information content (AvgIpc) is 3.10. The molecule has 0 bridgehead atoms. The van der Waals surface area contributed by atoms with E-state index in [9.17, 15) is 9.59 Å². The number of carbonyl (C=O) groups is 2. The van der Waals surface area contributed by atoms with Crippen molar-refractivity contribution in [3.63, 3.8) is 0 Å². The Balaban J connectivity index is 1.29. The number of anilines is 1. The van der Waals surface area contributed by atoms with E-state index in [1.807, 2.05) is 19.2 Å². The number of amides is 3. The van der Waals surface area contributed by atoms with Crippen LogP contribution < -0.4 is 15.5 Å². The summed E-state index contributed by atoms with van der Waals surface area (Å²) in [6, 6.07) is 5.75. The Hall–Kier alpha value is -2.45. The lowest BCUT2D eigenvalue weighted by Gasteiger charge is -2.38. The number of hydrogen-bond acceptors (Lipinski definition) is 4. The van der Waals surface area contributed by atoms with E-state index in [4.69, 9.17) is 0 Å². The van der Waals surface area contributed by atoms with Crippen LogP contribution in [0.15, 0.2) is 24.4 Å². The predicted octanol–water partition coefficient (Wildman–Crippen LogP) is 2.90. The topological polar surface area (TPSA) is 69.6 Å². The summed E-state index contributed by atoms with van der Waals surface area (Å²) >= 11 is 0. The summed E-state index contributed by atoms with van der Waals surface area (Å²) in [5.41, 5.74) is 2.19. The predicted molar refractivity (Wildman–Crippen MR) is 123 cm³/mol. The molecule has 3 aliphatic heterocycles. The second-order valence-electron chi connectivity index (χ2n) is 9.60. The van der Waals surface area contributed by atoms with Gasteiger partial charge in [-0.15, -0.1) is 0 Å². The van der Waals surface area contributed by atoms with Crippen molar-refractivity contribution >= 4 is 28.5 Å². The van der Waals surface area contributed by atoms with Crippen molar-refractivity contribution in [1.29, 1.82) is 0 Å². The molecule has 0 saturated carbocycles. The number of carbonyl (C=O) groups excluding carboxylic acids is 2. The lowest BCUT2D eigenvalue weighted by molar-refractivity contribution is -0.120.